The van der Waals surface area contributed by atoms with Gasteiger partial charge in [-0.15, -0.1) is 11.8 Å². The Labute approximate surface area is 127 Å². The second-order valence-corrected chi connectivity index (χ2v) is 5.30. The fourth-order valence-corrected chi connectivity index (χ4v) is 2.27. The van der Waals surface area contributed by atoms with Crippen LogP contribution in [0, 0.1) is 0 Å². The first-order valence-electron chi connectivity index (χ1n) is 6.34. The van der Waals surface area contributed by atoms with Crippen LogP contribution in [0.1, 0.15) is 26.3 Å². The van der Waals surface area contributed by atoms with E-state index in [-0.39, 0.29) is 11.5 Å². The lowest BCUT2D eigenvalue weighted by molar-refractivity contribution is 0.0696. The highest BCUT2D eigenvalue weighted by Crippen LogP contribution is 2.15. The molecule has 2 rings (SSSR count). The van der Waals surface area contributed by atoms with Crippen LogP contribution in [-0.2, 0) is 6.54 Å². The Kier molecular flexibility index (Phi) is 5.00. The van der Waals surface area contributed by atoms with Crippen LogP contribution in [0.25, 0.3) is 0 Å². The molecule has 0 aliphatic rings. The summed E-state index contributed by atoms with van der Waals surface area (Å²) in [5, 5.41) is 11.6. The minimum Gasteiger partial charge on any atom is -0.478 e. The Morgan fingerprint density at radius 3 is 2.43 bits per heavy atom. The van der Waals surface area contributed by atoms with Gasteiger partial charge >= 0.3 is 5.97 Å². The molecule has 0 saturated carbocycles. The summed E-state index contributed by atoms with van der Waals surface area (Å²) in [6.07, 6.45) is 1.96. The molecule has 0 heterocycles. The van der Waals surface area contributed by atoms with Crippen LogP contribution in [0.4, 0.5) is 0 Å². The first kappa shape index (κ1) is 15.1. The van der Waals surface area contributed by atoms with Crippen LogP contribution in [0.15, 0.2) is 53.4 Å². The van der Waals surface area contributed by atoms with Gasteiger partial charge in [0.2, 0.25) is 0 Å². The maximum atomic E-state index is 12.0. The summed E-state index contributed by atoms with van der Waals surface area (Å²) in [6.45, 7) is 0.363. The number of aromatic carboxylic acids is 1. The van der Waals surface area contributed by atoms with E-state index in [1.165, 1.54) is 12.1 Å². The van der Waals surface area contributed by atoms with E-state index in [2.05, 4.69) is 5.32 Å². The standard InChI is InChI=1S/C16H15NO3S/c1-21-14-4-2-3-13(9-14)15(18)17-10-11-5-7-12(8-6-11)16(19)20/h2-9H,10H2,1H3,(H,17,18)(H,19,20). The summed E-state index contributed by atoms with van der Waals surface area (Å²) in [5.74, 6) is -1.10. The number of carboxylic acids is 1. The van der Waals surface area contributed by atoms with Crippen molar-refractivity contribution in [2.24, 2.45) is 0 Å². The van der Waals surface area contributed by atoms with Gasteiger partial charge in [-0.25, -0.2) is 4.79 Å². The van der Waals surface area contributed by atoms with E-state index in [0.717, 1.165) is 10.5 Å². The number of thioether (sulfide) groups is 1. The van der Waals surface area contributed by atoms with Crippen LogP contribution >= 0.6 is 11.8 Å². The average Bonchev–Trinajstić information content (AvgIpc) is 2.53. The van der Waals surface area contributed by atoms with Crippen molar-refractivity contribution in [3.63, 3.8) is 0 Å². The van der Waals surface area contributed by atoms with Gasteiger partial charge in [-0.05, 0) is 42.2 Å². The number of hydrogen-bond donors (Lipinski definition) is 2. The van der Waals surface area contributed by atoms with E-state index in [0.29, 0.717) is 12.1 Å². The predicted molar refractivity (Wildman–Crippen MR) is 82.8 cm³/mol. The highest BCUT2D eigenvalue weighted by molar-refractivity contribution is 7.98. The molecule has 1 amide bonds. The predicted octanol–water partition coefficient (Wildman–Crippen LogP) is 3.04. The van der Waals surface area contributed by atoms with Crippen LogP contribution in [0.2, 0.25) is 0 Å². The number of amides is 1. The SMILES string of the molecule is CSc1cccc(C(=O)NCc2ccc(C(=O)O)cc2)c1. The van der Waals surface area contributed by atoms with E-state index in [1.807, 2.05) is 24.5 Å². The molecule has 0 aliphatic heterocycles. The van der Waals surface area contributed by atoms with Gasteiger partial charge in [0.05, 0.1) is 5.56 Å². The van der Waals surface area contributed by atoms with E-state index < -0.39 is 5.97 Å². The Balaban J connectivity index is 1.98. The third-order valence-corrected chi connectivity index (χ3v) is 3.71. The molecule has 2 aromatic carbocycles. The lowest BCUT2D eigenvalue weighted by atomic mass is 10.1. The molecule has 5 heteroatoms. The largest absolute Gasteiger partial charge is 0.478 e. The number of carboxylic acid groups (broad SMARTS) is 1. The lowest BCUT2D eigenvalue weighted by Gasteiger charge is -2.07. The number of hydrogen-bond acceptors (Lipinski definition) is 3. The quantitative estimate of drug-likeness (QED) is 0.833. The van der Waals surface area contributed by atoms with Gasteiger partial charge in [-0.1, -0.05) is 18.2 Å². The van der Waals surface area contributed by atoms with Crippen molar-refractivity contribution in [2.75, 3.05) is 6.26 Å². The zero-order valence-electron chi connectivity index (χ0n) is 11.5. The highest BCUT2D eigenvalue weighted by atomic mass is 32.2. The molecule has 21 heavy (non-hydrogen) atoms. The number of nitrogens with one attached hydrogen (secondary N) is 1. The molecule has 0 atom stereocenters. The number of benzene rings is 2. The average molecular weight is 301 g/mol. The van der Waals surface area contributed by atoms with Crippen LogP contribution in [0.5, 0.6) is 0 Å². The third kappa shape index (κ3) is 4.10. The van der Waals surface area contributed by atoms with Gasteiger partial charge in [0.1, 0.15) is 0 Å². The van der Waals surface area contributed by atoms with Crippen molar-refractivity contribution in [3.8, 4) is 0 Å². The molecule has 0 bridgehead atoms. The number of carbonyl (C=O) groups is 2. The molecular weight excluding hydrogens is 286 g/mol. The Morgan fingerprint density at radius 2 is 1.81 bits per heavy atom. The second-order valence-electron chi connectivity index (χ2n) is 4.42. The third-order valence-electron chi connectivity index (χ3n) is 2.99. The van der Waals surface area contributed by atoms with Gasteiger partial charge in [0, 0.05) is 17.0 Å². The van der Waals surface area contributed by atoms with Crippen LogP contribution in [-0.4, -0.2) is 23.2 Å². The summed E-state index contributed by atoms with van der Waals surface area (Å²) in [6, 6.07) is 13.9. The zero-order chi connectivity index (χ0) is 15.2. The van der Waals surface area contributed by atoms with Gasteiger partial charge in [-0.2, -0.15) is 0 Å². The van der Waals surface area contributed by atoms with E-state index in [9.17, 15) is 9.59 Å². The fourth-order valence-electron chi connectivity index (χ4n) is 1.81. The summed E-state index contributed by atoms with van der Waals surface area (Å²) >= 11 is 1.58. The maximum absolute atomic E-state index is 12.0. The molecule has 108 valence electrons. The molecular formula is C16H15NO3S. The zero-order valence-corrected chi connectivity index (χ0v) is 12.3. The molecule has 2 N–H and O–H groups in total. The van der Waals surface area contributed by atoms with Crippen molar-refractivity contribution < 1.29 is 14.7 Å². The van der Waals surface area contributed by atoms with Gasteiger partial charge in [0.15, 0.2) is 0 Å². The minimum absolute atomic E-state index is 0.145. The van der Waals surface area contributed by atoms with E-state index >= 15 is 0 Å². The molecule has 4 nitrogen and oxygen atoms in total. The normalized spacial score (nSPS) is 10.1. The number of carbonyl (C=O) groups excluding carboxylic acids is 1. The molecule has 0 radical (unpaired) electrons. The van der Waals surface area contributed by atoms with Crippen molar-refractivity contribution in [3.05, 3.63) is 65.2 Å². The van der Waals surface area contributed by atoms with Crippen LogP contribution in [0.3, 0.4) is 0 Å². The van der Waals surface area contributed by atoms with Gasteiger partial charge in [0.25, 0.3) is 5.91 Å². The van der Waals surface area contributed by atoms with Gasteiger partial charge in [-0.3, -0.25) is 4.79 Å². The molecule has 0 fully saturated rings. The fraction of sp³-hybridized carbons (Fsp3) is 0.125. The Morgan fingerprint density at radius 1 is 1.10 bits per heavy atom. The first-order valence-corrected chi connectivity index (χ1v) is 7.57. The topological polar surface area (TPSA) is 66.4 Å². The molecule has 0 unspecified atom stereocenters. The van der Waals surface area contributed by atoms with E-state index in [4.69, 9.17) is 5.11 Å². The molecule has 0 aromatic heterocycles. The Hall–Kier alpha value is -2.27. The molecule has 0 aliphatic carbocycles. The molecule has 0 spiro atoms. The second kappa shape index (κ2) is 6.95. The maximum Gasteiger partial charge on any atom is 0.335 e. The number of rotatable bonds is 5. The molecule has 0 saturated heterocycles. The minimum atomic E-state index is -0.959. The lowest BCUT2D eigenvalue weighted by Crippen LogP contribution is -2.22. The van der Waals surface area contributed by atoms with Crippen molar-refractivity contribution >= 4 is 23.6 Å². The highest BCUT2D eigenvalue weighted by Gasteiger charge is 2.06. The van der Waals surface area contributed by atoms with Gasteiger partial charge < -0.3 is 10.4 Å². The van der Waals surface area contributed by atoms with Crippen LogP contribution < -0.4 is 5.32 Å². The summed E-state index contributed by atoms with van der Waals surface area (Å²) < 4.78 is 0. The van der Waals surface area contributed by atoms with Crippen molar-refractivity contribution in [2.45, 2.75) is 11.4 Å². The monoisotopic (exact) mass is 301 g/mol. The summed E-state index contributed by atoms with van der Waals surface area (Å²) in [5.41, 5.74) is 1.70. The smallest absolute Gasteiger partial charge is 0.335 e. The summed E-state index contributed by atoms with van der Waals surface area (Å²) in [7, 11) is 0. The Bertz CT molecular complexity index is 653. The van der Waals surface area contributed by atoms with E-state index in [1.54, 1.807) is 30.0 Å². The first-order chi connectivity index (χ1) is 10.1. The van der Waals surface area contributed by atoms with Crippen molar-refractivity contribution in [1.29, 1.82) is 0 Å². The summed E-state index contributed by atoms with van der Waals surface area (Å²) in [4.78, 5) is 23.8. The molecule has 2 aromatic rings. The van der Waals surface area contributed by atoms with Crippen molar-refractivity contribution in [1.82, 2.24) is 5.32 Å².